The summed E-state index contributed by atoms with van der Waals surface area (Å²) in [6.07, 6.45) is 2.50. The lowest BCUT2D eigenvalue weighted by atomic mass is 10.2. The summed E-state index contributed by atoms with van der Waals surface area (Å²) in [6.45, 7) is 5.76. The molecular weight excluding hydrogens is 212 g/mol. The summed E-state index contributed by atoms with van der Waals surface area (Å²) < 4.78 is 4.75. The van der Waals surface area contributed by atoms with Crippen LogP contribution in [-0.2, 0) is 9.53 Å². The van der Waals surface area contributed by atoms with Gasteiger partial charge in [-0.1, -0.05) is 26.7 Å². The number of carbonyl (C=O) groups excluding carboxylic acids is 1. The SMILES string of the molecule is CCCCC(SC(C)C(C)O)C(=O)OC. The van der Waals surface area contributed by atoms with Crippen molar-refractivity contribution in [1.82, 2.24) is 0 Å². The molecule has 0 aromatic carbocycles. The molecule has 0 radical (unpaired) electrons. The summed E-state index contributed by atoms with van der Waals surface area (Å²) in [4.78, 5) is 11.5. The molecule has 1 N–H and O–H groups in total. The molecule has 0 aliphatic carbocycles. The zero-order valence-electron chi connectivity index (χ0n) is 10.0. The number of carbonyl (C=O) groups is 1. The zero-order valence-corrected chi connectivity index (χ0v) is 10.8. The Morgan fingerprint density at radius 2 is 2.07 bits per heavy atom. The predicted octanol–water partition coefficient (Wildman–Crippen LogP) is 2.22. The van der Waals surface area contributed by atoms with Crippen LogP contribution in [0.2, 0.25) is 0 Å². The average molecular weight is 234 g/mol. The number of hydrogen-bond donors (Lipinski definition) is 1. The van der Waals surface area contributed by atoms with E-state index in [1.165, 1.54) is 18.9 Å². The number of esters is 1. The molecule has 90 valence electrons. The molecule has 0 saturated carbocycles. The first-order valence-electron chi connectivity index (χ1n) is 5.44. The highest BCUT2D eigenvalue weighted by molar-refractivity contribution is 8.01. The van der Waals surface area contributed by atoms with E-state index in [1.54, 1.807) is 6.92 Å². The smallest absolute Gasteiger partial charge is 0.318 e. The number of unbranched alkanes of at least 4 members (excludes halogenated alkanes) is 1. The van der Waals surface area contributed by atoms with Crippen LogP contribution in [0.5, 0.6) is 0 Å². The first-order chi connectivity index (χ1) is 7.02. The maximum atomic E-state index is 11.5. The molecule has 0 heterocycles. The lowest BCUT2D eigenvalue weighted by Gasteiger charge is -2.20. The normalized spacial score (nSPS) is 16.9. The molecule has 0 aromatic heterocycles. The molecule has 0 aliphatic heterocycles. The van der Waals surface area contributed by atoms with E-state index < -0.39 is 6.10 Å². The second-order valence-corrected chi connectivity index (χ2v) is 5.32. The van der Waals surface area contributed by atoms with E-state index in [0.717, 1.165) is 19.3 Å². The molecule has 0 rings (SSSR count). The Morgan fingerprint density at radius 3 is 2.47 bits per heavy atom. The molecule has 3 atom stereocenters. The summed E-state index contributed by atoms with van der Waals surface area (Å²) in [6, 6.07) is 0. The predicted molar refractivity (Wildman–Crippen MR) is 64.1 cm³/mol. The minimum absolute atomic E-state index is 0.0611. The number of hydrogen-bond acceptors (Lipinski definition) is 4. The van der Waals surface area contributed by atoms with Gasteiger partial charge in [0, 0.05) is 5.25 Å². The van der Waals surface area contributed by atoms with Crippen LogP contribution in [0.25, 0.3) is 0 Å². The van der Waals surface area contributed by atoms with Gasteiger partial charge in [0.2, 0.25) is 0 Å². The van der Waals surface area contributed by atoms with Crippen molar-refractivity contribution >= 4 is 17.7 Å². The lowest BCUT2D eigenvalue weighted by molar-refractivity contribution is -0.140. The summed E-state index contributed by atoms with van der Waals surface area (Å²) in [5.41, 5.74) is 0. The van der Waals surface area contributed by atoms with E-state index in [4.69, 9.17) is 4.74 Å². The third-order valence-electron chi connectivity index (χ3n) is 2.34. The average Bonchev–Trinajstić information content (AvgIpc) is 2.22. The first-order valence-corrected chi connectivity index (χ1v) is 6.38. The zero-order chi connectivity index (χ0) is 11.8. The fourth-order valence-electron chi connectivity index (χ4n) is 1.14. The van der Waals surface area contributed by atoms with Crippen LogP contribution in [0.3, 0.4) is 0 Å². The number of methoxy groups -OCH3 is 1. The highest BCUT2D eigenvalue weighted by Crippen LogP contribution is 2.25. The van der Waals surface area contributed by atoms with E-state index in [0.29, 0.717) is 0 Å². The first kappa shape index (κ1) is 14.8. The van der Waals surface area contributed by atoms with Crippen LogP contribution >= 0.6 is 11.8 Å². The molecule has 0 fully saturated rings. The van der Waals surface area contributed by atoms with Crippen molar-refractivity contribution in [2.75, 3.05) is 7.11 Å². The van der Waals surface area contributed by atoms with Crippen LogP contribution in [0.15, 0.2) is 0 Å². The minimum Gasteiger partial charge on any atom is -0.468 e. The molecule has 0 saturated heterocycles. The number of ether oxygens (including phenoxy) is 1. The number of thioether (sulfide) groups is 1. The molecule has 0 amide bonds. The van der Waals surface area contributed by atoms with E-state index in [1.807, 2.05) is 6.92 Å². The highest BCUT2D eigenvalue weighted by atomic mass is 32.2. The fraction of sp³-hybridized carbons (Fsp3) is 0.909. The standard InChI is InChI=1S/C11H22O3S/c1-5-6-7-10(11(13)14-4)15-9(3)8(2)12/h8-10,12H,5-7H2,1-4H3. The number of aliphatic hydroxyl groups excluding tert-OH is 1. The Bertz CT molecular complexity index is 183. The van der Waals surface area contributed by atoms with Crippen molar-refractivity contribution in [3.63, 3.8) is 0 Å². The van der Waals surface area contributed by atoms with Crippen molar-refractivity contribution in [3.05, 3.63) is 0 Å². The van der Waals surface area contributed by atoms with E-state index in [9.17, 15) is 9.90 Å². The molecule has 0 spiro atoms. The van der Waals surface area contributed by atoms with Gasteiger partial charge in [0.15, 0.2) is 0 Å². The van der Waals surface area contributed by atoms with Gasteiger partial charge in [-0.25, -0.2) is 0 Å². The van der Waals surface area contributed by atoms with Gasteiger partial charge in [0.25, 0.3) is 0 Å². The number of rotatable bonds is 7. The molecular formula is C11H22O3S. The van der Waals surface area contributed by atoms with Crippen LogP contribution in [0.1, 0.15) is 40.0 Å². The van der Waals surface area contributed by atoms with Gasteiger partial charge >= 0.3 is 5.97 Å². The fourth-order valence-corrected chi connectivity index (χ4v) is 2.39. The monoisotopic (exact) mass is 234 g/mol. The third kappa shape index (κ3) is 6.05. The van der Waals surface area contributed by atoms with Gasteiger partial charge in [0.05, 0.1) is 13.2 Å². The number of aliphatic hydroxyl groups is 1. The van der Waals surface area contributed by atoms with Gasteiger partial charge in [-0.2, -0.15) is 0 Å². The van der Waals surface area contributed by atoms with Gasteiger partial charge in [-0.15, -0.1) is 11.8 Å². The summed E-state index contributed by atoms with van der Waals surface area (Å²) in [5, 5.41) is 9.30. The Labute approximate surface area is 96.6 Å². The molecule has 15 heavy (non-hydrogen) atoms. The molecule has 3 unspecified atom stereocenters. The lowest BCUT2D eigenvalue weighted by Crippen LogP contribution is -2.25. The highest BCUT2D eigenvalue weighted by Gasteiger charge is 2.23. The molecule has 0 aromatic rings. The van der Waals surface area contributed by atoms with Gasteiger partial charge in [-0.3, -0.25) is 4.79 Å². The largest absolute Gasteiger partial charge is 0.468 e. The Hall–Kier alpha value is -0.220. The van der Waals surface area contributed by atoms with Crippen molar-refractivity contribution in [1.29, 1.82) is 0 Å². The van der Waals surface area contributed by atoms with E-state index in [2.05, 4.69) is 6.92 Å². The van der Waals surface area contributed by atoms with Crippen molar-refractivity contribution in [2.24, 2.45) is 0 Å². The minimum atomic E-state index is -0.399. The Kier molecular flexibility index (Phi) is 7.88. The van der Waals surface area contributed by atoms with Gasteiger partial charge in [0.1, 0.15) is 5.25 Å². The maximum absolute atomic E-state index is 11.5. The van der Waals surface area contributed by atoms with Gasteiger partial charge in [-0.05, 0) is 13.3 Å². The van der Waals surface area contributed by atoms with Crippen molar-refractivity contribution < 1.29 is 14.6 Å². The Balaban J connectivity index is 4.17. The molecule has 0 bridgehead atoms. The van der Waals surface area contributed by atoms with Crippen molar-refractivity contribution in [3.8, 4) is 0 Å². The van der Waals surface area contributed by atoms with Crippen LogP contribution in [-0.4, -0.2) is 34.8 Å². The molecule has 3 nitrogen and oxygen atoms in total. The molecule has 0 aliphatic rings. The van der Waals surface area contributed by atoms with Crippen molar-refractivity contribution in [2.45, 2.75) is 56.6 Å². The Morgan fingerprint density at radius 1 is 1.47 bits per heavy atom. The van der Waals surface area contributed by atoms with E-state index in [-0.39, 0.29) is 16.5 Å². The quantitative estimate of drug-likeness (QED) is 0.686. The second kappa shape index (κ2) is 7.99. The maximum Gasteiger partial charge on any atom is 0.318 e. The summed E-state index contributed by atoms with van der Waals surface area (Å²) >= 11 is 1.50. The second-order valence-electron chi connectivity index (χ2n) is 3.74. The summed E-state index contributed by atoms with van der Waals surface area (Å²) in [7, 11) is 1.41. The third-order valence-corrected chi connectivity index (χ3v) is 3.92. The van der Waals surface area contributed by atoms with Crippen LogP contribution in [0.4, 0.5) is 0 Å². The topological polar surface area (TPSA) is 46.5 Å². The van der Waals surface area contributed by atoms with E-state index >= 15 is 0 Å². The van der Waals surface area contributed by atoms with Gasteiger partial charge < -0.3 is 9.84 Å². The molecule has 4 heteroatoms. The van der Waals surface area contributed by atoms with Crippen LogP contribution in [0, 0.1) is 0 Å². The summed E-state index contributed by atoms with van der Waals surface area (Å²) in [5.74, 6) is -0.180. The van der Waals surface area contributed by atoms with Crippen LogP contribution < -0.4 is 0 Å².